The third-order valence-corrected chi connectivity index (χ3v) is 4.38. The summed E-state index contributed by atoms with van der Waals surface area (Å²) in [4.78, 5) is 14.0. The summed E-state index contributed by atoms with van der Waals surface area (Å²) < 4.78 is 18.2. The van der Waals surface area contributed by atoms with E-state index >= 15 is 0 Å². The van der Waals surface area contributed by atoms with Crippen molar-refractivity contribution in [1.82, 2.24) is 4.90 Å². The molecular weight excluding hydrogens is 285 g/mol. The molecule has 122 valence electrons. The van der Waals surface area contributed by atoms with Crippen LogP contribution in [-0.2, 0) is 11.3 Å². The number of rotatable bonds is 5. The van der Waals surface area contributed by atoms with Crippen LogP contribution in [0.5, 0.6) is 0 Å². The maximum absolute atomic E-state index is 13.4. The minimum Gasteiger partial charge on any atom is -0.465 e. The van der Waals surface area contributed by atoms with Crippen molar-refractivity contribution >= 4 is 5.97 Å². The fraction of sp³-hybridized carbons (Fsp3) is 0.588. The molecular formula is C17H24FNO3. The third kappa shape index (κ3) is 3.84. The Bertz CT molecular complexity index is 521. The second kappa shape index (κ2) is 7.70. The van der Waals surface area contributed by atoms with E-state index in [1.807, 2.05) is 6.92 Å². The van der Waals surface area contributed by atoms with E-state index in [1.165, 1.54) is 19.2 Å². The van der Waals surface area contributed by atoms with Crippen LogP contribution in [0.1, 0.15) is 48.5 Å². The second-order valence-corrected chi connectivity index (χ2v) is 5.80. The van der Waals surface area contributed by atoms with Crippen LogP contribution in [-0.4, -0.2) is 41.8 Å². The van der Waals surface area contributed by atoms with Gasteiger partial charge in [-0.1, -0.05) is 19.4 Å². The van der Waals surface area contributed by atoms with E-state index in [0.717, 1.165) is 31.4 Å². The molecule has 0 aliphatic carbocycles. The number of hydrogen-bond donors (Lipinski definition) is 1. The first-order valence-corrected chi connectivity index (χ1v) is 7.85. The summed E-state index contributed by atoms with van der Waals surface area (Å²) in [6.45, 7) is 3.36. The molecule has 0 spiro atoms. The smallest absolute Gasteiger partial charge is 0.338 e. The lowest BCUT2D eigenvalue weighted by atomic mass is 9.94. The Morgan fingerprint density at radius 2 is 2.27 bits per heavy atom. The number of esters is 1. The minimum atomic E-state index is -0.529. The van der Waals surface area contributed by atoms with E-state index in [-0.39, 0.29) is 17.7 Å². The number of nitrogens with zero attached hydrogens (tertiary/aromatic N) is 1. The number of methoxy groups -OCH3 is 1. The zero-order valence-corrected chi connectivity index (χ0v) is 13.2. The minimum absolute atomic E-state index is 0.0919. The lowest BCUT2D eigenvalue weighted by Crippen LogP contribution is -2.46. The Morgan fingerprint density at radius 3 is 2.95 bits per heavy atom. The molecule has 0 aromatic heterocycles. The first-order valence-electron chi connectivity index (χ1n) is 7.85. The van der Waals surface area contributed by atoms with Gasteiger partial charge in [-0.15, -0.1) is 0 Å². The van der Waals surface area contributed by atoms with E-state index < -0.39 is 11.8 Å². The molecule has 0 saturated carbocycles. The van der Waals surface area contributed by atoms with E-state index in [9.17, 15) is 14.3 Å². The Hall–Kier alpha value is -1.46. The van der Waals surface area contributed by atoms with Gasteiger partial charge in [0.1, 0.15) is 5.82 Å². The molecule has 1 fully saturated rings. The normalized spacial score (nSPS) is 20.6. The van der Waals surface area contributed by atoms with Gasteiger partial charge in [0, 0.05) is 12.6 Å². The van der Waals surface area contributed by atoms with Crippen molar-refractivity contribution in [3.63, 3.8) is 0 Å². The Balaban J connectivity index is 2.23. The predicted molar refractivity (Wildman–Crippen MR) is 82.1 cm³/mol. The number of piperidine rings is 1. The summed E-state index contributed by atoms with van der Waals surface area (Å²) in [5.74, 6) is -0.980. The highest BCUT2D eigenvalue weighted by molar-refractivity contribution is 5.91. The monoisotopic (exact) mass is 309 g/mol. The number of halogens is 1. The number of aliphatic hydroxyl groups is 1. The highest BCUT2D eigenvalue weighted by Crippen LogP contribution is 2.25. The molecule has 5 heteroatoms. The number of ether oxygens (including phenoxy) is 1. The molecule has 1 N–H and O–H groups in total. The predicted octanol–water partition coefficient (Wildman–Crippen LogP) is 2.74. The van der Waals surface area contributed by atoms with Crippen LogP contribution < -0.4 is 0 Å². The van der Waals surface area contributed by atoms with Gasteiger partial charge in [-0.05, 0) is 43.5 Å². The summed E-state index contributed by atoms with van der Waals surface area (Å²) in [5.41, 5.74) is 1.00. The van der Waals surface area contributed by atoms with Crippen molar-refractivity contribution in [2.24, 2.45) is 0 Å². The van der Waals surface area contributed by atoms with Crippen molar-refractivity contribution in [1.29, 1.82) is 0 Å². The van der Waals surface area contributed by atoms with Gasteiger partial charge in [0.15, 0.2) is 0 Å². The van der Waals surface area contributed by atoms with Gasteiger partial charge >= 0.3 is 5.97 Å². The molecule has 0 bridgehead atoms. The van der Waals surface area contributed by atoms with Crippen LogP contribution in [0.15, 0.2) is 18.2 Å². The molecule has 22 heavy (non-hydrogen) atoms. The van der Waals surface area contributed by atoms with Gasteiger partial charge < -0.3 is 9.84 Å². The van der Waals surface area contributed by atoms with Crippen molar-refractivity contribution < 1.29 is 19.0 Å². The van der Waals surface area contributed by atoms with Crippen molar-refractivity contribution in [2.75, 3.05) is 13.7 Å². The quantitative estimate of drug-likeness (QED) is 0.850. The molecule has 2 atom stereocenters. The Kier molecular flexibility index (Phi) is 5.91. The van der Waals surface area contributed by atoms with Gasteiger partial charge in [-0.25, -0.2) is 9.18 Å². The van der Waals surface area contributed by atoms with Gasteiger partial charge in [0.05, 0.1) is 18.8 Å². The van der Waals surface area contributed by atoms with Crippen LogP contribution in [0, 0.1) is 5.82 Å². The molecule has 1 aromatic rings. The van der Waals surface area contributed by atoms with Gasteiger partial charge in [0.2, 0.25) is 0 Å². The maximum atomic E-state index is 13.4. The van der Waals surface area contributed by atoms with Crippen molar-refractivity contribution in [3.05, 3.63) is 35.1 Å². The third-order valence-electron chi connectivity index (χ3n) is 4.38. The first-order chi connectivity index (χ1) is 10.6. The SMILES string of the molecule is CCC(O)C1CCCCN1Cc1ccc(F)cc1C(=O)OC. The fourth-order valence-electron chi connectivity index (χ4n) is 3.13. The van der Waals surface area contributed by atoms with E-state index in [2.05, 4.69) is 4.90 Å². The summed E-state index contributed by atoms with van der Waals surface area (Å²) in [6.07, 6.45) is 3.45. The molecule has 2 unspecified atom stereocenters. The summed E-state index contributed by atoms with van der Waals surface area (Å²) in [7, 11) is 1.29. The van der Waals surface area contributed by atoms with Crippen molar-refractivity contribution in [3.8, 4) is 0 Å². The summed E-state index contributed by atoms with van der Waals surface area (Å²) in [6, 6.07) is 4.30. The van der Waals surface area contributed by atoms with Crippen LogP contribution in [0.3, 0.4) is 0 Å². The molecule has 1 saturated heterocycles. The molecule has 1 aliphatic rings. The van der Waals surface area contributed by atoms with Gasteiger partial charge in [-0.2, -0.15) is 0 Å². The number of likely N-dealkylation sites (tertiary alicyclic amines) is 1. The zero-order chi connectivity index (χ0) is 16.1. The van der Waals surface area contributed by atoms with Gasteiger partial charge in [0.25, 0.3) is 0 Å². The zero-order valence-electron chi connectivity index (χ0n) is 13.2. The lowest BCUT2D eigenvalue weighted by Gasteiger charge is -2.38. The molecule has 1 heterocycles. The Labute approximate surface area is 130 Å². The largest absolute Gasteiger partial charge is 0.465 e. The topological polar surface area (TPSA) is 49.8 Å². The average Bonchev–Trinajstić information content (AvgIpc) is 2.55. The average molecular weight is 309 g/mol. The summed E-state index contributed by atoms with van der Waals surface area (Å²) >= 11 is 0. The van der Waals surface area contributed by atoms with E-state index in [4.69, 9.17) is 4.74 Å². The lowest BCUT2D eigenvalue weighted by molar-refractivity contribution is 0.0192. The molecule has 1 aliphatic heterocycles. The number of aliphatic hydroxyl groups excluding tert-OH is 1. The van der Waals surface area contributed by atoms with Gasteiger partial charge in [-0.3, -0.25) is 4.90 Å². The van der Waals surface area contributed by atoms with Crippen LogP contribution in [0.2, 0.25) is 0 Å². The van der Waals surface area contributed by atoms with E-state index in [1.54, 1.807) is 6.07 Å². The van der Waals surface area contributed by atoms with Crippen LogP contribution >= 0.6 is 0 Å². The second-order valence-electron chi connectivity index (χ2n) is 5.80. The van der Waals surface area contributed by atoms with Crippen LogP contribution in [0.25, 0.3) is 0 Å². The highest BCUT2D eigenvalue weighted by atomic mass is 19.1. The number of hydrogen-bond acceptors (Lipinski definition) is 4. The number of benzene rings is 1. The molecule has 4 nitrogen and oxygen atoms in total. The number of carbonyl (C=O) groups is 1. The molecule has 2 rings (SSSR count). The summed E-state index contributed by atoms with van der Waals surface area (Å²) in [5, 5.41) is 10.2. The molecule has 0 amide bonds. The first kappa shape index (κ1) is 16.9. The molecule has 1 aromatic carbocycles. The molecule has 0 radical (unpaired) electrons. The fourth-order valence-corrected chi connectivity index (χ4v) is 3.13. The highest BCUT2D eigenvalue weighted by Gasteiger charge is 2.28. The van der Waals surface area contributed by atoms with E-state index in [0.29, 0.717) is 13.0 Å². The standard InChI is InChI=1S/C17H24FNO3/c1-3-16(20)15-6-4-5-9-19(15)11-12-7-8-13(18)10-14(12)17(21)22-2/h7-8,10,15-16,20H,3-6,9,11H2,1-2H3. The maximum Gasteiger partial charge on any atom is 0.338 e. The number of carbonyl (C=O) groups excluding carboxylic acids is 1. The van der Waals surface area contributed by atoms with Crippen molar-refractivity contribution in [2.45, 2.75) is 51.3 Å². The van der Waals surface area contributed by atoms with Crippen LogP contribution in [0.4, 0.5) is 4.39 Å². The Morgan fingerprint density at radius 1 is 1.50 bits per heavy atom.